The molecule has 0 saturated heterocycles. The minimum atomic E-state index is -0.385. The first-order valence-corrected chi connectivity index (χ1v) is 7.23. The second-order valence-electron chi connectivity index (χ2n) is 4.31. The Morgan fingerprint density at radius 3 is 2.81 bits per heavy atom. The van der Waals surface area contributed by atoms with Crippen molar-refractivity contribution in [3.05, 3.63) is 34.9 Å². The maximum Gasteiger partial charge on any atom is 0.0881 e. The lowest BCUT2D eigenvalue weighted by Crippen LogP contribution is -2.04. The summed E-state index contributed by atoms with van der Waals surface area (Å²) in [7, 11) is 0. The topological polar surface area (TPSA) is 20.2 Å². The zero-order valence-corrected chi connectivity index (χ0v) is 10.8. The molecule has 1 aromatic rings. The zero-order valence-electron chi connectivity index (χ0n) is 9.23. The minimum absolute atomic E-state index is 0.385. The van der Waals surface area contributed by atoms with E-state index in [1.807, 2.05) is 36.0 Å². The second kappa shape index (κ2) is 5.95. The van der Waals surface area contributed by atoms with Gasteiger partial charge in [-0.1, -0.05) is 36.6 Å². The van der Waals surface area contributed by atoms with Gasteiger partial charge in [0.2, 0.25) is 0 Å². The van der Waals surface area contributed by atoms with Crippen molar-refractivity contribution in [1.29, 1.82) is 0 Å². The average molecular weight is 257 g/mol. The fourth-order valence-corrected chi connectivity index (χ4v) is 3.60. The molecule has 1 atom stereocenters. The molecular weight excluding hydrogens is 240 g/mol. The summed E-state index contributed by atoms with van der Waals surface area (Å²) in [6, 6.07) is 7.51. The van der Waals surface area contributed by atoms with Gasteiger partial charge in [-0.15, -0.1) is 0 Å². The van der Waals surface area contributed by atoms with E-state index in [9.17, 15) is 5.11 Å². The Morgan fingerprint density at radius 1 is 1.38 bits per heavy atom. The lowest BCUT2D eigenvalue weighted by Gasteiger charge is -2.14. The maximum absolute atomic E-state index is 10.0. The fourth-order valence-electron chi connectivity index (χ4n) is 2.09. The van der Waals surface area contributed by atoms with Gasteiger partial charge in [-0.3, -0.25) is 0 Å². The van der Waals surface area contributed by atoms with Crippen molar-refractivity contribution in [2.75, 3.05) is 5.75 Å². The molecule has 1 fully saturated rings. The summed E-state index contributed by atoms with van der Waals surface area (Å²) >= 11 is 7.80. The highest BCUT2D eigenvalue weighted by Crippen LogP contribution is 2.32. The van der Waals surface area contributed by atoms with E-state index in [2.05, 4.69) is 0 Å². The van der Waals surface area contributed by atoms with Gasteiger partial charge in [-0.2, -0.15) is 11.8 Å². The van der Waals surface area contributed by atoms with E-state index in [1.165, 1.54) is 25.7 Å². The van der Waals surface area contributed by atoms with Gasteiger partial charge in [-0.05, 0) is 30.5 Å². The number of aliphatic hydroxyl groups is 1. The van der Waals surface area contributed by atoms with Crippen LogP contribution < -0.4 is 0 Å². The number of benzene rings is 1. The van der Waals surface area contributed by atoms with Crippen molar-refractivity contribution < 1.29 is 5.11 Å². The van der Waals surface area contributed by atoms with Gasteiger partial charge in [0.25, 0.3) is 0 Å². The van der Waals surface area contributed by atoms with Gasteiger partial charge >= 0.3 is 0 Å². The molecule has 3 heteroatoms. The summed E-state index contributed by atoms with van der Waals surface area (Å²) in [5, 5.41) is 11.5. The highest BCUT2D eigenvalue weighted by Gasteiger charge is 2.17. The van der Waals surface area contributed by atoms with Crippen LogP contribution in [0.1, 0.15) is 37.4 Å². The summed E-state index contributed by atoms with van der Waals surface area (Å²) in [5.74, 6) is 0.783. The number of rotatable bonds is 4. The molecule has 1 aliphatic carbocycles. The molecule has 1 aliphatic rings. The predicted octanol–water partition coefficient (Wildman–Crippen LogP) is 4.05. The third-order valence-corrected chi connectivity index (χ3v) is 4.71. The molecule has 0 radical (unpaired) electrons. The molecule has 0 spiro atoms. The number of hydrogen-bond acceptors (Lipinski definition) is 2. The van der Waals surface area contributed by atoms with Crippen LogP contribution in [0.2, 0.25) is 5.02 Å². The first-order valence-electron chi connectivity index (χ1n) is 5.81. The van der Waals surface area contributed by atoms with Crippen molar-refractivity contribution in [1.82, 2.24) is 0 Å². The molecule has 0 bridgehead atoms. The van der Waals surface area contributed by atoms with Crippen molar-refractivity contribution in [3.8, 4) is 0 Å². The second-order valence-corrected chi connectivity index (χ2v) is 6.08. The van der Waals surface area contributed by atoms with E-state index < -0.39 is 0 Å². The van der Waals surface area contributed by atoms with E-state index in [1.54, 1.807) is 0 Å². The van der Waals surface area contributed by atoms with E-state index in [0.29, 0.717) is 5.02 Å². The first-order chi connectivity index (χ1) is 7.75. The van der Waals surface area contributed by atoms with Crippen LogP contribution in [0.5, 0.6) is 0 Å². The number of halogens is 1. The van der Waals surface area contributed by atoms with Gasteiger partial charge in [0.1, 0.15) is 0 Å². The Hall–Kier alpha value is -0.180. The zero-order chi connectivity index (χ0) is 11.4. The third-order valence-electron chi connectivity index (χ3n) is 3.03. The Bertz CT molecular complexity index is 336. The van der Waals surface area contributed by atoms with Crippen LogP contribution in [0.3, 0.4) is 0 Å². The smallest absolute Gasteiger partial charge is 0.0881 e. The fraction of sp³-hybridized carbons (Fsp3) is 0.538. The van der Waals surface area contributed by atoms with Crippen LogP contribution in [-0.4, -0.2) is 16.1 Å². The van der Waals surface area contributed by atoms with Crippen molar-refractivity contribution in [2.45, 2.75) is 37.0 Å². The molecule has 16 heavy (non-hydrogen) atoms. The number of hydrogen-bond donors (Lipinski definition) is 1. The third kappa shape index (κ3) is 3.41. The van der Waals surface area contributed by atoms with Crippen LogP contribution in [0.15, 0.2) is 24.3 Å². The normalized spacial score (nSPS) is 18.9. The quantitative estimate of drug-likeness (QED) is 0.877. The molecule has 1 saturated carbocycles. The molecule has 1 unspecified atom stereocenters. The van der Waals surface area contributed by atoms with Gasteiger partial charge in [-0.25, -0.2) is 0 Å². The monoisotopic (exact) mass is 256 g/mol. The molecule has 0 aromatic heterocycles. The Kier molecular flexibility index (Phi) is 4.56. The van der Waals surface area contributed by atoms with Gasteiger partial charge in [0.15, 0.2) is 0 Å². The van der Waals surface area contributed by atoms with Crippen LogP contribution in [0.4, 0.5) is 0 Å². The Morgan fingerprint density at radius 2 is 2.12 bits per heavy atom. The van der Waals surface area contributed by atoms with E-state index in [-0.39, 0.29) is 6.10 Å². The molecule has 0 aliphatic heterocycles. The van der Waals surface area contributed by atoms with E-state index >= 15 is 0 Å². The van der Waals surface area contributed by atoms with Crippen LogP contribution >= 0.6 is 23.4 Å². The molecule has 1 nitrogen and oxygen atoms in total. The summed E-state index contributed by atoms with van der Waals surface area (Å²) in [6.07, 6.45) is 4.94. The van der Waals surface area contributed by atoms with Crippen LogP contribution in [-0.2, 0) is 0 Å². The molecule has 2 rings (SSSR count). The number of aliphatic hydroxyl groups excluding tert-OH is 1. The minimum Gasteiger partial charge on any atom is -0.388 e. The predicted molar refractivity (Wildman–Crippen MR) is 71.1 cm³/mol. The van der Waals surface area contributed by atoms with E-state index in [0.717, 1.165) is 16.6 Å². The molecule has 1 aromatic carbocycles. The average Bonchev–Trinajstić information content (AvgIpc) is 2.78. The highest BCUT2D eigenvalue weighted by molar-refractivity contribution is 7.99. The van der Waals surface area contributed by atoms with E-state index in [4.69, 9.17) is 11.6 Å². The van der Waals surface area contributed by atoms with Crippen molar-refractivity contribution in [3.63, 3.8) is 0 Å². The summed E-state index contributed by atoms with van der Waals surface area (Å²) in [4.78, 5) is 0. The summed E-state index contributed by atoms with van der Waals surface area (Å²) < 4.78 is 0. The summed E-state index contributed by atoms with van der Waals surface area (Å²) in [5.41, 5.74) is 0.929. The Balaban J connectivity index is 1.85. The molecule has 1 N–H and O–H groups in total. The lowest BCUT2D eigenvalue weighted by molar-refractivity contribution is 0.204. The number of thioether (sulfide) groups is 1. The van der Waals surface area contributed by atoms with Crippen molar-refractivity contribution >= 4 is 23.4 Å². The van der Waals surface area contributed by atoms with Crippen LogP contribution in [0, 0.1) is 0 Å². The molecular formula is C13H17ClOS. The Labute approximate surface area is 106 Å². The molecule has 0 heterocycles. The first kappa shape index (κ1) is 12.3. The standard InChI is InChI=1S/C13H17ClOS/c14-11-5-3-4-10(8-11)13(15)9-16-12-6-1-2-7-12/h3-5,8,12-13,15H,1-2,6-7,9H2. The van der Waals surface area contributed by atoms with Gasteiger partial charge in [0.05, 0.1) is 6.10 Å². The SMILES string of the molecule is OC(CSC1CCCC1)c1cccc(Cl)c1. The largest absolute Gasteiger partial charge is 0.388 e. The lowest BCUT2D eigenvalue weighted by atomic mass is 10.1. The van der Waals surface area contributed by atoms with Gasteiger partial charge in [0, 0.05) is 16.0 Å². The highest BCUT2D eigenvalue weighted by atomic mass is 35.5. The summed E-state index contributed by atoms with van der Waals surface area (Å²) in [6.45, 7) is 0. The van der Waals surface area contributed by atoms with Crippen molar-refractivity contribution in [2.24, 2.45) is 0 Å². The molecule has 0 amide bonds. The molecule has 88 valence electrons. The van der Waals surface area contributed by atoms with Crippen LogP contribution in [0.25, 0.3) is 0 Å². The maximum atomic E-state index is 10.0. The van der Waals surface area contributed by atoms with Gasteiger partial charge < -0.3 is 5.11 Å².